The second-order valence-electron chi connectivity index (χ2n) is 2.75. The number of rotatable bonds is 2. The first-order valence-corrected chi connectivity index (χ1v) is 3.67. The fraction of sp³-hybridized carbons (Fsp3) is 0.222. The summed E-state index contributed by atoms with van der Waals surface area (Å²) < 4.78 is 25.7. The maximum atomic E-state index is 12.9. The Hall–Kier alpha value is -1.45. The van der Waals surface area contributed by atoms with Crippen LogP contribution in [0.25, 0.3) is 0 Å². The van der Waals surface area contributed by atoms with Crippen molar-refractivity contribution in [3.8, 4) is 0 Å². The van der Waals surface area contributed by atoms with E-state index in [1.165, 1.54) is 6.92 Å². The van der Waals surface area contributed by atoms with E-state index in [1.807, 2.05) is 0 Å². The molecule has 0 aliphatic rings. The van der Waals surface area contributed by atoms with Gasteiger partial charge in [-0.3, -0.25) is 4.79 Å². The molecule has 70 valence electrons. The van der Waals surface area contributed by atoms with Gasteiger partial charge in [0.2, 0.25) is 0 Å². The number of carbonyl (C=O) groups is 1. The lowest BCUT2D eigenvalue weighted by Gasteiger charge is -2.01. The molecule has 0 amide bonds. The van der Waals surface area contributed by atoms with Crippen LogP contribution in [0, 0.1) is 18.6 Å². The summed E-state index contributed by atoms with van der Waals surface area (Å²) in [5.74, 6) is -2.53. The first-order chi connectivity index (χ1) is 6.00. The molecule has 1 aromatic rings. The van der Waals surface area contributed by atoms with Crippen LogP contribution < -0.4 is 0 Å². The van der Waals surface area contributed by atoms with Gasteiger partial charge in [-0.15, -0.1) is 0 Å². The fourth-order valence-electron chi connectivity index (χ4n) is 0.974. The fourth-order valence-corrected chi connectivity index (χ4v) is 0.974. The highest BCUT2D eigenvalue weighted by Crippen LogP contribution is 2.14. The molecule has 0 heterocycles. The highest BCUT2D eigenvalue weighted by Gasteiger charge is 2.08. The van der Waals surface area contributed by atoms with Gasteiger partial charge in [0, 0.05) is 5.56 Å². The predicted octanol–water partition coefficient (Wildman–Crippen LogP) is 1.90. The SMILES string of the molecule is Cc1c(F)cc(CC(=O)O)cc1F. The predicted molar refractivity (Wildman–Crippen MR) is 42.4 cm³/mol. The topological polar surface area (TPSA) is 37.3 Å². The molecule has 0 radical (unpaired) electrons. The van der Waals surface area contributed by atoms with Gasteiger partial charge < -0.3 is 5.11 Å². The van der Waals surface area contributed by atoms with E-state index in [9.17, 15) is 13.6 Å². The molecule has 4 heteroatoms. The van der Waals surface area contributed by atoms with Gasteiger partial charge in [0.05, 0.1) is 6.42 Å². The van der Waals surface area contributed by atoms with Gasteiger partial charge in [-0.05, 0) is 24.6 Å². The van der Waals surface area contributed by atoms with Crippen molar-refractivity contribution in [2.75, 3.05) is 0 Å². The number of hydrogen-bond donors (Lipinski definition) is 1. The molecule has 0 fully saturated rings. The van der Waals surface area contributed by atoms with Crippen molar-refractivity contribution >= 4 is 5.97 Å². The summed E-state index contributed by atoms with van der Waals surface area (Å²) in [5.41, 5.74) is 0.0437. The largest absolute Gasteiger partial charge is 0.481 e. The van der Waals surface area contributed by atoms with Crippen LogP contribution in [0.3, 0.4) is 0 Å². The van der Waals surface area contributed by atoms with Crippen molar-refractivity contribution in [1.82, 2.24) is 0 Å². The molecule has 0 saturated carbocycles. The van der Waals surface area contributed by atoms with E-state index in [0.717, 1.165) is 12.1 Å². The average molecular weight is 186 g/mol. The second kappa shape index (κ2) is 3.51. The molecule has 0 aliphatic carbocycles. The lowest BCUT2D eigenvalue weighted by atomic mass is 10.1. The van der Waals surface area contributed by atoms with Crippen molar-refractivity contribution in [1.29, 1.82) is 0 Å². The number of aliphatic carboxylic acids is 1. The Morgan fingerprint density at radius 2 is 1.85 bits per heavy atom. The van der Waals surface area contributed by atoms with Gasteiger partial charge in [-0.25, -0.2) is 8.78 Å². The van der Waals surface area contributed by atoms with Crippen LogP contribution in [0.5, 0.6) is 0 Å². The second-order valence-corrected chi connectivity index (χ2v) is 2.75. The zero-order valence-electron chi connectivity index (χ0n) is 6.97. The van der Waals surface area contributed by atoms with Crippen LogP contribution in [0.1, 0.15) is 11.1 Å². The molecule has 0 aromatic heterocycles. The van der Waals surface area contributed by atoms with Crippen LogP contribution in [-0.4, -0.2) is 11.1 Å². The molecule has 0 atom stereocenters. The smallest absolute Gasteiger partial charge is 0.307 e. The Morgan fingerprint density at radius 3 is 2.23 bits per heavy atom. The van der Waals surface area contributed by atoms with Gasteiger partial charge in [0.1, 0.15) is 11.6 Å². The van der Waals surface area contributed by atoms with E-state index in [0.29, 0.717) is 0 Å². The molecule has 1 N–H and O–H groups in total. The molecule has 0 saturated heterocycles. The monoisotopic (exact) mass is 186 g/mol. The number of benzene rings is 1. The molecule has 13 heavy (non-hydrogen) atoms. The van der Waals surface area contributed by atoms with Gasteiger partial charge in [0.15, 0.2) is 0 Å². The van der Waals surface area contributed by atoms with E-state index in [4.69, 9.17) is 5.11 Å². The maximum absolute atomic E-state index is 12.9. The first-order valence-electron chi connectivity index (χ1n) is 3.67. The van der Waals surface area contributed by atoms with Crippen LogP contribution in [-0.2, 0) is 11.2 Å². The Balaban J connectivity index is 3.06. The molecular formula is C9H8F2O2. The minimum Gasteiger partial charge on any atom is -0.481 e. The quantitative estimate of drug-likeness (QED) is 0.765. The third-order valence-electron chi connectivity index (χ3n) is 1.70. The zero-order chi connectivity index (χ0) is 10.0. The van der Waals surface area contributed by atoms with Crippen molar-refractivity contribution < 1.29 is 18.7 Å². The van der Waals surface area contributed by atoms with E-state index in [1.54, 1.807) is 0 Å². The minimum atomic E-state index is -1.11. The van der Waals surface area contributed by atoms with Crippen LogP contribution in [0.15, 0.2) is 12.1 Å². The molecule has 1 aromatic carbocycles. The Morgan fingerprint density at radius 1 is 1.38 bits per heavy atom. The van der Waals surface area contributed by atoms with E-state index in [2.05, 4.69) is 0 Å². The zero-order valence-corrected chi connectivity index (χ0v) is 6.97. The number of hydrogen-bond acceptors (Lipinski definition) is 1. The summed E-state index contributed by atoms with van der Waals surface area (Å²) >= 11 is 0. The number of carboxylic acid groups (broad SMARTS) is 1. The van der Waals surface area contributed by atoms with Gasteiger partial charge in [-0.2, -0.15) is 0 Å². The summed E-state index contributed by atoms with van der Waals surface area (Å²) in [6.07, 6.45) is -0.367. The molecular weight excluding hydrogens is 178 g/mol. The first kappa shape index (κ1) is 9.64. The molecule has 0 aliphatic heterocycles. The standard InChI is InChI=1S/C9H8F2O2/c1-5-7(10)2-6(3-8(5)11)4-9(12)13/h2-3H,4H2,1H3,(H,12,13). The highest BCUT2D eigenvalue weighted by atomic mass is 19.1. The molecule has 1 rings (SSSR count). The maximum Gasteiger partial charge on any atom is 0.307 e. The molecule has 0 unspecified atom stereocenters. The Kier molecular flexibility index (Phi) is 2.60. The number of halogens is 2. The minimum absolute atomic E-state index is 0.0888. The summed E-state index contributed by atoms with van der Waals surface area (Å²) in [4.78, 5) is 10.2. The Labute approximate surface area is 73.8 Å². The van der Waals surface area contributed by atoms with Crippen LogP contribution >= 0.6 is 0 Å². The van der Waals surface area contributed by atoms with Gasteiger partial charge >= 0.3 is 5.97 Å². The average Bonchev–Trinajstić information content (AvgIpc) is 1.98. The van der Waals surface area contributed by atoms with E-state index in [-0.39, 0.29) is 17.5 Å². The summed E-state index contributed by atoms with van der Waals surface area (Å²) in [6, 6.07) is 2.07. The van der Waals surface area contributed by atoms with Crippen molar-refractivity contribution in [3.63, 3.8) is 0 Å². The van der Waals surface area contributed by atoms with E-state index < -0.39 is 17.6 Å². The number of carboxylic acids is 1. The lowest BCUT2D eigenvalue weighted by Crippen LogP contribution is -2.02. The third-order valence-corrected chi connectivity index (χ3v) is 1.70. The molecule has 0 bridgehead atoms. The van der Waals surface area contributed by atoms with E-state index >= 15 is 0 Å². The van der Waals surface area contributed by atoms with Crippen LogP contribution in [0.4, 0.5) is 8.78 Å². The summed E-state index contributed by atoms with van der Waals surface area (Å²) in [7, 11) is 0. The van der Waals surface area contributed by atoms with Crippen molar-refractivity contribution in [2.45, 2.75) is 13.3 Å². The molecule has 0 spiro atoms. The highest BCUT2D eigenvalue weighted by molar-refractivity contribution is 5.70. The van der Waals surface area contributed by atoms with Gasteiger partial charge in [-0.1, -0.05) is 0 Å². The normalized spacial score (nSPS) is 10.1. The van der Waals surface area contributed by atoms with Gasteiger partial charge in [0.25, 0.3) is 0 Å². The summed E-state index contributed by atoms with van der Waals surface area (Å²) in [5, 5.41) is 8.37. The van der Waals surface area contributed by atoms with Crippen LogP contribution in [0.2, 0.25) is 0 Å². The van der Waals surface area contributed by atoms with Crippen molar-refractivity contribution in [3.05, 3.63) is 34.9 Å². The lowest BCUT2D eigenvalue weighted by molar-refractivity contribution is -0.136. The summed E-state index contributed by atoms with van der Waals surface area (Å²) in [6.45, 7) is 1.30. The van der Waals surface area contributed by atoms with Crippen molar-refractivity contribution in [2.24, 2.45) is 0 Å². The molecule has 2 nitrogen and oxygen atoms in total. The third kappa shape index (κ3) is 2.24. The Bertz CT molecular complexity index is 324.